The van der Waals surface area contributed by atoms with Gasteiger partial charge < -0.3 is 9.84 Å². The highest BCUT2D eigenvalue weighted by Gasteiger charge is 2.44. The van der Waals surface area contributed by atoms with Crippen molar-refractivity contribution in [2.24, 2.45) is 0 Å². The van der Waals surface area contributed by atoms with E-state index in [2.05, 4.69) is 0 Å². The Balaban J connectivity index is 1.86. The lowest BCUT2D eigenvalue weighted by Gasteiger charge is -2.37. The highest BCUT2D eigenvalue weighted by atomic mass is 35.5. The van der Waals surface area contributed by atoms with Crippen molar-refractivity contribution in [1.29, 1.82) is 0 Å². The molecule has 4 aromatic rings. The second-order valence-corrected chi connectivity index (χ2v) is 7.24. The molecular formula is C25H17ClO2. The highest BCUT2D eigenvalue weighted by molar-refractivity contribution is 6.32. The Morgan fingerprint density at radius 2 is 1.29 bits per heavy atom. The largest absolute Gasteiger partial charge is 0.455 e. The van der Waals surface area contributed by atoms with Gasteiger partial charge in [0.05, 0.1) is 5.02 Å². The average molecular weight is 385 g/mol. The molecule has 0 spiro atoms. The normalized spacial score (nSPS) is 17.4. The number of aliphatic hydroxyl groups is 1. The Labute approximate surface area is 168 Å². The zero-order chi connectivity index (χ0) is 19.1. The lowest BCUT2D eigenvalue weighted by molar-refractivity contribution is 0.113. The van der Waals surface area contributed by atoms with Gasteiger partial charge in [-0.3, -0.25) is 0 Å². The van der Waals surface area contributed by atoms with E-state index in [1.54, 1.807) is 6.07 Å². The summed E-state index contributed by atoms with van der Waals surface area (Å²) in [5.41, 5.74) is 2.75. The predicted molar refractivity (Wildman–Crippen MR) is 112 cm³/mol. The van der Waals surface area contributed by atoms with Crippen LogP contribution in [0.1, 0.15) is 16.7 Å². The highest BCUT2D eigenvalue weighted by Crippen LogP contribution is 2.53. The van der Waals surface area contributed by atoms with Crippen LogP contribution in [0.25, 0.3) is 11.1 Å². The molecule has 4 aromatic carbocycles. The van der Waals surface area contributed by atoms with E-state index in [4.69, 9.17) is 16.3 Å². The van der Waals surface area contributed by atoms with Crippen molar-refractivity contribution >= 4 is 11.6 Å². The van der Waals surface area contributed by atoms with Crippen LogP contribution in [0.4, 0.5) is 0 Å². The Morgan fingerprint density at radius 3 is 2.11 bits per heavy atom. The topological polar surface area (TPSA) is 29.5 Å². The van der Waals surface area contributed by atoms with Gasteiger partial charge >= 0.3 is 0 Å². The molecule has 0 saturated heterocycles. The molecule has 0 radical (unpaired) electrons. The van der Waals surface area contributed by atoms with Gasteiger partial charge in [-0.25, -0.2) is 0 Å². The first kappa shape index (κ1) is 17.1. The summed E-state index contributed by atoms with van der Waals surface area (Å²) < 4.78 is 6.08. The van der Waals surface area contributed by atoms with Gasteiger partial charge in [-0.1, -0.05) is 96.5 Å². The van der Waals surface area contributed by atoms with E-state index in [-0.39, 0.29) is 0 Å². The van der Waals surface area contributed by atoms with Gasteiger partial charge in [-0.15, -0.1) is 0 Å². The van der Waals surface area contributed by atoms with Crippen molar-refractivity contribution in [3.05, 3.63) is 119 Å². The zero-order valence-corrected chi connectivity index (χ0v) is 15.7. The average Bonchev–Trinajstić information content (AvgIpc) is 2.75. The number of halogens is 1. The molecule has 28 heavy (non-hydrogen) atoms. The molecule has 1 heterocycles. The van der Waals surface area contributed by atoms with Gasteiger partial charge in [-0.05, 0) is 23.3 Å². The van der Waals surface area contributed by atoms with E-state index < -0.39 is 5.60 Å². The first-order chi connectivity index (χ1) is 13.7. The molecule has 0 fully saturated rings. The molecule has 0 aromatic heterocycles. The van der Waals surface area contributed by atoms with E-state index in [9.17, 15) is 5.11 Å². The SMILES string of the molecule is OC1(c2ccccc2-c2ccccc2)c2ccccc2Oc2c(Cl)cccc21. The van der Waals surface area contributed by atoms with Gasteiger partial charge in [-0.2, -0.15) is 0 Å². The summed E-state index contributed by atoms with van der Waals surface area (Å²) in [4.78, 5) is 0. The molecule has 1 atom stereocenters. The minimum Gasteiger partial charge on any atom is -0.455 e. The summed E-state index contributed by atoms with van der Waals surface area (Å²) in [7, 11) is 0. The van der Waals surface area contributed by atoms with Crippen molar-refractivity contribution in [2.75, 3.05) is 0 Å². The molecular weight excluding hydrogens is 368 g/mol. The molecule has 0 bridgehead atoms. The van der Waals surface area contributed by atoms with Crippen LogP contribution in [0, 0.1) is 0 Å². The van der Waals surface area contributed by atoms with Crippen LogP contribution in [-0.2, 0) is 5.60 Å². The third-order valence-corrected chi connectivity index (χ3v) is 5.54. The van der Waals surface area contributed by atoms with Crippen molar-refractivity contribution in [3.63, 3.8) is 0 Å². The predicted octanol–water partition coefficient (Wildman–Crippen LogP) is 6.40. The Morgan fingerprint density at radius 1 is 0.643 bits per heavy atom. The molecule has 0 aliphatic carbocycles. The number of ether oxygens (including phenoxy) is 1. The van der Waals surface area contributed by atoms with Gasteiger partial charge in [0.2, 0.25) is 0 Å². The van der Waals surface area contributed by atoms with Crippen LogP contribution in [-0.4, -0.2) is 5.11 Å². The van der Waals surface area contributed by atoms with Gasteiger partial charge in [0.25, 0.3) is 0 Å². The smallest absolute Gasteiger partial charge is 0.152 e. The molecule has 0 amide bonds. The van der Waals surface area contributed by atoms with Gasteiger partial charge in [0, 0.05) is 16.7 Å². The maximum absolute atomic E-state index is 12.3. The van der Waals surface area contributed by atoms with E-state index in [1.807, 2.05) is 91.0 Å². The third kappa shape index (κ3) is 2.46. The summed E-state index contributed by atoms with van der Waals surface area (Å²) in [6, 6.07) is 31.1. The quantitative estimate of drug-likeness (QED) is 0.433. The molecule has 2 nitrogen and oxygen atoms in total. The Bertz CT molecular complexity index is 1170. The van der Waals surface area contributed by atoms with Crippen LogP contribution in [0.3, 0.4) is 0 Å². The van der Waals surface area contributed by atoms with E-state index in [1.165, 1.54) is 0 Å². The summed E-state index contributed by atoms with van der Waals surface area (Å²) in [5.74, 6) is 1.10. The lowest BCUT2D eigenvalue weighted by atomic mass is 9.75. The van der Waals surface area contributed by atoms with Gasteiger partial charge in [0.15, 0.2) is 5.75 Å². The van der Waals surface area contributed by atoms with E-state index in [0.717, 1.165) is 16.7 Å². The molecule has 136 valence electrons. The fourth-order valence-corrected chi connectivity index (χ4v) is 4.18. The van der Waals surface area contributed by atoms with Gasteiger partial charge in [0.1, 0.15) is 11.4 Å². The molecule has 3 heteroatoms. The van der Waals surface area contributed by atoms with E-state index >= 15 is 0 Å². The number of para-hydroxylation sites is 2. The van der Waals surface area contributed by atoms with E-state index in [0.29, 0.717) is 27.6 Å². The van der Waals surface area contributed by atoms with Crippen molar-refractivity contribution in [1.82, 2.24) is 0 Å². The second kappa shape index (κ2) is 6.52. The van der Waals surface area contributed by atoms with Crippen molar-refractivity contribution in [3.8, 4) is 22.6 Å². The summed E-state index contributed by atoms with van der Waals surface area (Å²) >= 11 is 6.44. The van der Waals surface area contributed by atoms with Crippen LogP contribution in [0.5, 0.6) is 11.5 Å². The molecule has 0 saturated carbocycles. The standard InChI is InChI=1S/C25H17ClO2/c26-22-15-8-14-21-24(22)28-23-16-7-6-13-20(23)25(21,27)19-12-5-4-11-18(19)17-9-2-1-3-10-17/h1-16,27H. The first-order valence-corrected chi connectivity index (χ1v) is 9.51. The summed E-state index contributed by atoms with van der Waals surface area (Å²) in [5, 5.41) is 12.7. The Hall–Kier alpha value is -3.07. The fraction of sp³-hybridized carbons (Fsp3) is 0.0400. The molecule has 1 aliphatic heterocycles. The lowest BCUT2D eigenvalue weighted by Crippen LogP contribution is -2.33. The van der Waals surface area contributed by atoms with Crippen molar-refractivity contribution in [2.45, 2.75) is 5.60 Å². The maximum Gasteiger partial charge on any atom is 0.152 e. The minimum absolute atomic E-state index is 0.475. The Kier molecular flexibility index (Phi) is 3.97. The number of rotatable bonds is 2. The number of benzene rings is 4. The summed E-state index contributed by atoms with van der Waals surface area (Å²) in [6.45, 7) is 0. The first-order valence-electron chi connectivity index (χ1n) is 9.13. The van der Waals surface area contributed by atoms with Crippen LogP contribution < -0.4 is 4.74 Å². The molecule has 1 aliphatic rings. The minimum atomic E-state index is -1.39. The molecule has 1 N–H and O–H groups in total. The maximum atomic E-state index is 12.3. The number of hydrogen-bond acceptors (Lipinski definition) is 2. The number of fused-ring (bicyclic) bond motifs is 2. The monoisotopic (exact) mass is 384 g/mol. The third-order valence-electron chi connectivity index (χ3n) is 5.25. The van der Waals surface area contributed by atoms with Crippen LogP contribution in [0.2, 0.25) is 5.02 Å². The summed E-state index contributed by atoms with van der Waals surface area (Å²) in [6.07, 6.45) is 0. The van der Waals surface area contributed by atoms with Crippen LogP contribution >= 0.6 is 11.6 Å². The molecule has 5 rings (SSSR count). The number of hydrogen-bond donors (Lipinski definition) is 1. The fourth-order valence-electron chi connectivity index (χ4n) is 3.97. The van der Waals surface area contributed by atoms with Crippen molar-refractivity contribution < 1.29 is 9.84 Å². The zero-order valence-electron chi connectivity index (χ0n) is 15.0. The second-order valence-electron chi connectivity index (χ2n) is 6.84. The molecule has 1 unspecified atom stereocenters. The van der Waals surface area contributed by atoms with Crippen LogP contribution in [0.15, 0.2) is 97.1 Å².